The molecule has 0 radical (unpaired) electrons. The number of quaternary nitrogens is 1. The summed E-state index contributed by atoms with van der Waals surface area (Å²) < 4.78 is 36.4. The predicted molar refractivity (Wildman–Crippen MR) is 120 cm³/mol. The number of aromatic nitrogens is 2. The molecule has 0 saturated heterocycles. The van der Waals surface area contributed by atoms with Gasteiger partial charge in [-0.05, 0) is 70.5 Å². The molecule has 1 heterocycles. The third-order valence-corrected chi connectivity index (χ3v) is 4.94. The maximum Gasteiger partial charge on any atom is 0.407 e. The topological polar surface area (TPSA) is 113 Å². The summed E-state index contributed by atoms with van der Waals surface area (Å²) in [4.78, 5) is 11.9. The summed E-state index contributed by atoms with van der Waals surface area (Å²) in [5.74, 6) is 0. The lowest BCUT2D eigenvalue weighted by Crippen LogP contribution is -2.47. The average Bonchev–Trinajstić information content (AvgIpc) is 2.88. The van der Waals surface area contributed by atoms with Gasteiger partial charge in [0, 0.05) is 12.3 Å². The monoisotopic (exact) mass is 512 g/mol. The Bertz CT molecular complexity index is 754. The molecule has 9 nitrogen and oxygen atoms in total. The van der Waals surface area contributed by atoms with Crippen LogP contribution in [0.15, 0.2) is 10.7 Å². The van der Waals surface area contributed by atoms with Crippen LogP contribution >= 0.6 is 15.9 Å². The zero-order valence-electron chi connectivity index (χ0n) is 19.4. The molecule has 0 fully saturated rings. The van der Waals surface area contributed by atoms with Gasteiger partial charge in [0.1, 0.15) is 16.7 Å². The molecular formula is C19H37BrN4O5S. The van der Waals surface area contributed by atoms with E-state index in [1.165, 1.54) is 5.69 Å². The van der Waals surface area contributed by atoms with Gasteiger partial charge in [0.2, 0.25) is 0 Å². The predicted octanol–water partition coefficient (Wildman–Crippen LogP) is 3.10. The van der Waals surface area contributed by atoms with E-state index in [4.69, 9.17) is 17.7 Å². The summed E-state index contributed by atoms with van der Waals surface area (Å²) in [5, 5.41) is 7.43. The van der Waals surface area contributed by atoms with E-state index in [2.05, 4.69) is 53.2 Å². The van der Waals surface area contributed by atoms with Crippen molar-refractivity contribution in [3.8, 4) is 0 Å². The Balaban J connectivity index is 0.00000150. The number of ether oxygens (including phenoxy) is 1. The SMILES string of the molecule is CC[N+](CC)(CC)Cc1cc(Br)nn1CC(C)NC(=O)OC(C)(C)C.CS(=O)(=O)[O-]. The largest absolute Gasteiger partial charge is 0.748 e. The minimum absolute atomic E-state index is 0.0767. The molecule has 1 aromatic heterocycles. The Labute approximate surface area is 189 Å². The first-order valence-corrected chi connectivity index (χ1v) is 12.6. The Morgan fingerprint density at radius 2 is 1.77 bits per heavy atom. The summed E-state index contributed by atoms with van der Waals surface area (Å²) in [6, 6.07) is 2.00. The molecule has 0 aliphatic rings. The fourth-order valence-corrected chi connectivity index (χ4v) is 3.33. The van der Waals surface area contributed by atoms with Gasteiger partial charge in [-0.2, -0.15) is 5.10 Å². The number of nitrogens with one attached hydrogen (secondary N) is 1. The molecule has 0 aliphatic heterocycles. The quantitative estimate of drug-likeness (QED) is 0.422. The molecule has 1 N–H and O–H groups in total. The van der Waals surface area contributed by atoms with E-state index in [-0.39, 0.29) is 6.04 Å². The molecule has 0 bridgehead atoms. The van der Waals surface area contributed by atoms with Crippen molar-refractivity contribution in [1.82, 2.24) is 15.1 Å². The van der Waals surface area contributed by atoms with Crippen molar-refractivity contribution in [2.75, 3.05) is 25.9 Å². The second-order valence-corrected chi connectivity index (χ2v) is 10.6. The number of amides is 1. The van der Waals surface area contributed by atoms with Crippen LogP contribution in [0, 0.1) is 0 Å². The Kier molecular flexibility index (Phi) is 11.5. The average molecular weight is 513 g/mol. The first-order valence-electron chi connectivity index (χ1n) is 10.0. The molecule has 176 valence electrons. The van der Waals surface area contributed by atoms with Crippen molar-refractivity contribution in [2.24, 2.45) is 0 Å². The number of carbonyl (C=O) groups is 1. The van der Waals surface area contributed by atoms with Gasteiger partial charge >= 0.3 is 6.09 Å². The van der Waals surface area contributed by atoms with E-state index in [1.54, 1.807) is 0 Å². The molecule has 30 heavy (non-hydrogen) atoms. The zero-order chi connectivity index (χ0) is 23.8. The second-order valence-electron chi connectivity index (χ2n) is 8.34. The van der Waals surface area contributed by atoms with Crippen molar-refractivity contribution in [3.05, 3.63) is 16.4 Å². The van der Waals surface area contributed by atoms with Crippen LogP contribution in [-0.2, 0) is 27.9 Å². The highest BCUT2D eigenvalue weighted by Gasteiger charge is 2.25. The number of hydrogen-bond acceptors (Lipinski definition) is 6. The minimum atomic E-state index is -3.92. The van der Waals surface area contributed by atoms with Crippen LogP contribution in [0.25, 0.3) is 0 Å². The Morgan fingerprint density at radius 1 is 1.30 bits per heavy atom. The summed E-state index contributed by atoms with van der Waals surface area (Å²) in [5.41, 5.74) is 0.680. The van der Waals surface area contributed by atoms with Crippen LogP contribution in [0.1, 0.15) is 54.2 Å². The van der Waals surface area contributed by atoms with Gasteiger partial charge in [0.15, 0.2) is 0 Å². The first-order chi connectivity index (χ1) is 13.5. The summed E-state index contributed by atoms with van der Waals surface area (Å²) >= 11 is 3.49. The molecule has 0 aromatic carbocycles. The van der Waals surface area contributed by atoms with Gasteiger partial charge < -0.3 is 19.1 Å². The molecule has 1 rings (SSSR count). The van der Waals surface area contributed by atoms with E-state index in [9.17, 15) is 4.79 Å². The number of alkyl carbamates (subject to hydrolysis) is 1. The number of carbonyl (C=O) groups excluding carboxylic acids is 1. The van der Waals surface area contributed by atoms with Crippen LogP contribution in [-0.4, -0.2) is 70.9 Å². The van der Waals surface area contributed by atoms with Gasteiger partial charge in [-0.3, -0.25) is 4.68 Å². The molecule has 1 atom stereocenters. The standard InChI is InChI=1S/C18H33BrN4O2.CH4O3S/c1-8-23(9-2,10-3)13-15-11-16(19)21-22(15)12-14(4)20-17(24)25-18(5,6)7;1-5(2,3)4/h11,14H,8-10,12-13H2,1-7H3;1H3,(H,2,3,4). The highest BCUT2D eigenvalue weighted by molar-refractivity contribution is 9.10. The third kappa shape index (κ3) is 12.5. The van der Waals surface area contributed by atoms with Gasteiger partial charge in [0.25, 0.3) is 0 Å². The van der Waals surface area contributed by atoms with Crippen LogP contribution in [0.4, 0.5) is 4.79 Å². The molecule has 1 amide bonds. The molecule has 11 heteroatoms. The van der Waals surface area contributed by atoms with Crippen molar-refractivity contribution in [3.63, 3.8) is 0 Å². The lowest BCUT2D eigenvalue weighted by atomic mass is 10.2. The molecule has 0 saturated carbocycles. The van der Waals surface area contributed by atoms with E-state index in [0.717, 1.165) is 35.3 Å². The summed E-state index contributed by atoms with van der Waals surface area (Å²) in [7, 11) is -3.92. The fourth-order valence-electron chi connectivity index (χ4n) is 2.87. The van der Waals surface area contributed by atoms with E-state index in [1.807, 2.05) is 32.4 Å². The van der Waals surface area contributed by atoms with Crippen molar-refractivity contribution >= 4 is 32.1 Å². The van der Waals surface area contributed by atoms with Crippen molar-refractivity contribution in [1.29, 1.82) is 0 Å². The zero-order valence-corrected chi connectivity index (χ0v) is 21.8. The van der Waals surface area contributed by atoms with E-state index in [0.29, 0.717) is 12.8 Å². The van der Waals surface area contributed by atoms with Crippen LogP contribution in [0.5, 0.6) is 0 Å². The number of halogens is 1. The lowest BCUT2D eigenvalue weighted by molar-refractivity contribution is -0.936. The van der Waals surface area contributed by atoms with Crippen LogP contribution < -0.4 is 5.32 Å². The normalized spacial score (nSPS) is 13.3. The molecular weight excluding hydrogens is 476 g/mol. The molecule has 0 aliphatic carbocycles. The highest BCUT2D eigenvalue weighted by atomic mass is 79.9. The van der Waals surface area contributed by atoms with Crippen LogP contribution in [0.3, 0.4) is 0 Å². The second kappa shape index (κ2) is 12.0. The van der Waals surface area contributed by atoms with Gasteiger partial charge in [-0.15, -0.1) is 0 Å². The van der Waals surface area contributed by atoms with Crippen molar-refractivity contribution < 1.29 is 27.0 Å². The van der Waals surface area contributed by atoms with Crippen LogP contribution in [0.2, 0.25) is 0 Å². The summed E-state index contributed by atoms with van der Waals surface area (Å²) in [6.45, 7) is 19.0. The lowest BCUT2D eigenvalue weighted by Gasteiger charge is -2.35. The minimum Gasteiger partial charge on any atom is -0.748 e. The molecule has 1 unspecified atom stereocenters. The number of hydrogen-bond donors (Lipinski definition) is 1. The smallest absolute Gasteiger partial charge is 0.407 e. The summed E-state index contributed by atoms with van der Waals surface area (Å²) in [6.07, 6.45) is 0.209. The van der Waals surface area contributed by atoms with Gasteiger partial charge in [-0.25, -0.2) is 13.2 Å². The fraction of sp³-hybridized carbons (Fsp3) is 0.789. The van der Waals surface area contributed by atoms with E-state index < -0.39 is 21.8 Å². The molecule has 1 aromatic rings. The molecule has 0 spiro atoms. The Hall–Kier alpha value is -1.17. The van der Waals surface area contributed by atoms with Gasteiger partial charge in [-0.1, -0.05) is 0 Å². The number of nitrogens with zero attached hydrogens (tertiary/aromatic N) is 3. The van der Waals surface area contributed by atoms with Gasteiger partial charge in [0.05, 0.1) is 42.0 Å². The highest BCUT2D eigenvalue weighted by Crippen LogP contribution is 2.18. The third-order valence-electron chi connectivity index (χ3n) is 4.55. The Morgan fingerprint density at radius 3 is 2.17 bits per heavy atom. The first kappa shape index (κ1) is 28.8. The van der Waals surface area contributed by atoms with Crippen molar-refractivity contribution in [2.45, 2.75) is 73.2 Å². The maximum absolute atomic E-state index is 11.9. The maximum atomic E-state index is 11.9. The van der Waals surface area contributed by atoms with E-state index >= 15 is 0 Å². The number of rotatable bonds is 8.